The molecule has 1 aromatic rings. The number of ether oxygens (including phenoxy) is 1. The number of benzene rings is 1. The third-order valence-electron chi connectivity index (χ3n) is 3.57. The number of anilines is 1. The summed E-state index contributed by atoms with van der Waals surface area (Å²) in [5.41, 5.74) is 0.142. The maximum absolute atomic E-state index is 13.3. The Morgan fingerprint density at radius 3 is 2.90 bits per heavy atom. The molecule has 0 spiro atoms. The zero-order valence-corrected chi connectivity index (χ0v) is 11.6. The highest BCUT2D eigenvalue weighted by atomic mass is 19.1. The fourth-order valence-corrected chi connectivity index (χ4v) is 2.43. The molecule has 1 aromatic carbocycles. The number of nitro groups is 1. The van der Waals surface area contributed by atoms with Gasteiger partial charge in [-0.2, -0.15) is 0 Å². The van der Waals surface area contributed by atoms with E-state index in [1.165, 1.54) is 12.1 Å². The minimum atomic E-state index is -0.499. The highest BCUT2D eigenvalue weighted by molar-refractivity contribution is 5.61. The Kier molecular flexibility index (Phi) is 4.54. The van der Waals surface area contributed by atoms with Crippen molar-refractivity contribution in [1.29, 1.82) is 0 Å². The number of nitro benzene ring substituents is 1. The van der Waals surface area contributed by atoms with Crippen LogP contribution in [0.3, 0.4) is 0 Å². The molecule has 1 fully saturated rings. The lowest BCUT2D eigenvalue weighted by Gasteiger charge is -2.32. The van der Waals surface area contributed by atoms with E-state index in [0.717, 1.165) is 18.9 Å². The molecule has 1 aliphatic heterocycles. The van der Waals surface area contributed by atoms with Crippen LogP contribution >= 0.6 is 0 Å². The summed E-state index contributed by atoms with van der Waals surface area (Å²) in [7, 11) is 0. The molecule has 0 radical (unpaired) electrons. The largest absolute Gasteiger partial charge is 0.378 e. The van der Waals surface area contributed by atoms with Crippen LogP contribution in [0.25, 0.3) is 0 Å². The van der Waals surface area contributed by atoms with Crippen LogP contribution in [0.2, 0.25) is 0 Å². The number of nitrogens with zero attached hydrogens (tertiary/aromatic N) is 1. The van der Waals surface area contributed by atoms with Crippen molar-refractivity contribution in [1.82, 2.24) is 0 Å². The van der Waals surface area contributed by atoms with Crippen LogP contribution in [0.5, 0.6) is 0 Å². The lowest BCUT2D eigenvalue weighted by molar-refractivity contribution is -0.384. The highest BCUT2D eigenvalue weighted by Crippen LogP contribution is 2.29. The van der Waals surface area contributed by atoms with Gasteiger partial charge in [-0.15, -0.1) is 0 Å². The van der Waals surface area contributed by atoms with Gasteiger partial charge in [0.05, 0.1) is 11.0 Å². The van der Waals surface area contributed by atoms with Crippen molar-refractivity contribution in [2.45, 2.75) is 38.8 Å². The molecule has 5 nitrogen and oxygen atoms in total. The molecule has 1 aliphatic rings. The lowest BCUT2D eigenvalue weighted by atomic mass is 9.95. The normalized spacial score (nSPS) is 22.8. The molecule has 2 atom stereocenters. The van der Waals surface area contributed by atoms with Crippen LogP contribution in [0.15, 0.2) is 18.2 Å². The van der Waals surface area contributed by atoms with E-state index >= 15 is 0 Å². The Bertz CT molecular complexity index is 493. The minimum Gasteiger partial charge on any atom is -0.378 e. The standard InChI is InChI=1S/C14H19FN2O3/c1-9(2)14-8-11(5-6-20-14)16-12-7-10(15)3-4-13(12)17(18)19/h3-4,7,9,11,14,16H,5-6,8H2,1-2H3. The van der Waals surface area contributed by atoms with Crippen molar-refractivity contribution >= 4 is 11.4 Å². The van der Waals surface area contributed by atoms with E-state index in [1.807, 2.05) is 0 Å². The van der Waals surface area contributed by atoms with Crippen molar-refractivity contribution < 1.29 is 14.1 Å². The molecule has 0 saturated carbocycles. The van der Waals surface area contributed by atoms with Crippen LogP contribution in [0.4, 0.5) is 15.8 Å². The zero-order chi connectivity index (χ0) is 14.7. The van der Waals surface area contributed by atoms with Crippen molar-refractivity contribution in [3.05, 3.63) is 34.1 Å². The number of halogens is 1. The van der Waals surface area contributed by atoms with Crippen molar-refractivity contribution in [3.63, 3.8) is 0 Å². The van der Waals surface area contributed by atoms with Crippen molar-refractivity contribution in [2.24, 2.45) is 5.92 Å². The first-order valence-corrected chi connectivity index (χ1v) is 6.79. The summed E-state index contributed by atoms with van der Waals surface area (Å²) in [5, 5.41) is 14.1. The van der Waals surface area contributed by atoms with Gasteiger partial charge in [-0.1, -0.05) is 13.8 Å². The predicted molar refractivity (Wildman–Crippen MR) is 74.3 cm³/mol. The summed E-state index contributed by atoms with van der Waals surface area (Å²) >= 11 is 0. The van der Waals surface area contributed by atoms with Gasteiger partial charge in [0.15, 0.2) is 0 Å². The van der Waals surface area contributed by atoms with E-state index in [4.69, 9.17) is 4.74 Å². The van der Waals surface area contributed by atoms with E-state index in [1.54, 1.807) is 0 Å². The molecule has 0 amide bonds. The highest BCUT2D eigenvalue weighted by Gasteiger charge is 2.26. The van der Waals surface area contributed by atoms with Crippen LogP contribution in [0, 0.1) is 21.8 Å². The van der Waals surface area contributed by atoms with Crippen molar-refractivity contribution in [3.8, 4) is 0 Å². The van der Waals surface area contributed by atoms with E-state index in [0.29, 0.717) is 12.5 Å². The Labute approximate surface area is 117 Å². The second-order valence-corrected chi connectivity index (χ2v) is 5.44. The van der Waals surface area contributed by atoms with Gasteiger partial charge in [0.2, 0.25) is 0 Å². The number of nitrogens with one attached hydrogen (secondary N) is 1. The molecule has 6 heteroatoms. The Morgan fingerprint density at radius 1 is 1.50 bits per heavy atom. The van der Waals surface area contributed by atoms with Gasteiger partial charge < -0.3 is 10.1 Å². The predicted octanol–water partition coefficient (Wildman–Crippen LogP) is 3.35. The van der Waals surface area contributed by atoms with E-state index in [-0.39, 0.29) is 23.5 Å². The second kappa shape index (κ2) is 6.17. The SMILES string of the molecule is CC(C)C1CC(Nc2cc(F)ccc2[N+](=O)[O-])CCO1. The van der Waals surface area contributed by atoms with Gasteiger partial charge in [-0.3, -0.25) is 10.1 Å². The molecule has 1 heterocycles. The summed E-state index contributed by atoms with van der Waals surface area (Å²) in [6.45, 7) is 4.78. The fourth-order valence-electron chi connectivity index (χ4n) is 2.43. The smallest absolute Gasteiger partial charge is 0.292 e. The first-order chi connectivity index (χ1) is 9.47. The molecule has 1 N–H and O–H groups in total. The van der Waals surface area contributed by atoms with Crippen LogP contribution in [-0.4, -0.2) is 23.7 Å². The molecule has 1 saturated heterocycles. The number of hydrogen-bond donors (Lipinski definition) is 1. The molecule has 20 heavy (non-hydrogen) atoms. The van der Waals surface area contributed by atoms with Gasteiger partial charge in [-0.05, 0) is 24.8 Å². The molecular formula is C14H19FN2O3. The van der Waals surface area contributed by atoms with Crippen LogP contribution in [0.1, 0.15) is 26.7 Å². The van der Waals surface area contributed by atoms with E-state index < -0.39 is 10.7 Å². The van der Waals surface area contributed by atoms with Gasteiger partial charge in [0.1, 0.15) is 11.5 Å². The maximum Gasteiger partial charge on any atom is 0.292 e. The summed E-state index contributed by atoms with van der Waals surface area (Å²) in [6.07, 6.45) is 1.66. The topological polar surface area (TPSA) is 64.4 Å². The Balaban J connectivity index is 2.13. The monoisotopic (exact) mass is 282 g/mol. The third kappa shape index (κ3) is 3.45. The van der Waals surface area contributed by atoms with E-state index in [9.17, 15) is 14.5 Å². The van der Waals surface area contributed by atoms with E-state index in [2.05, 4.69) is 19.2 Å². The molecular weight excluding hydrogens is 263 g/mol. The minimum absolute atomic E-state index is 0.0663. The van der Waals surface area contributed by atoms with Gasteiger partial charge in [0.25, 0.3) is 5.69 Å². The summed E-state index contributed by atoms with van der Waals surface area (Å²) in [4.78, 5) is 10.5. The molecule has 0 bridgehead atoms. The summed E-state index contributed by atoms with van der Waals surface area (Å²) in [6, 6.07) is 3.54. The Morgan fingerprint density at radius 2 is 2.25 bits per heavy atom. The van der Waals surface area contributed by atoms with Gasteiger partial charge >= 0.3 is 0 Å². The quantitative estimate of drug-likeness (QED) is 0.679. The maximum atomic E-state index is 13.3. The second-order valence-electron chi connectivity index (χ2n) is 5.44. The molecule has 2 rings (SSSR count). The number of hydrogen-bond acceptors (Lipinski definition) is 4. The van der Waals surface area contributed by atoms with Crippen LogP contribution < -0.4 is 5.32 Å². The molecule has 110 valence electrons. The van der Waals surface area contributed by atoms with Crippen LogP contribution in [-0.2, 0) is 4.74 Å². The average Bonchev–Trinajstić information content (AvgIpc) is 2.38. The third-order valence-corrected chi connectivity index (χ3v) is 3.57. The Hall–Kier alpha value is -1.69. The molecule has 0 aromatic heterocycles. The average molecular weight is 282 g/mol. The van der Waals surface area contributed by atoms with Crippen molar-refractivity contribution in [2.75, 3.05) is 11.9 Å². The summed E-state index contributed by atoms with van der Waals surface area (Å²) < 4.78 is 18.9. The molecule has 0 aliphatic carbocycles. The number of rotatable bonds is 4. The molecule has 2 unspecified atom stereocenters. The lowest BCUT2D eigenvalue weighted by Crippen LogP contribution is -2.36. The first kappa shape index (κ1) is 14.7. The summed E-state index contributed by atoms with van der Waals surface area (Å²) in [5.74, 6) is -0.0901. The first-order valence-electron chi connectivity index (χ1n) is 6.79. The zero-order valence-electron chi connectivity index (χ0n) is 11.6. The van der Waals surface area contributed by atoms with Gasteiger partial charge in [-0.25, -0.2) is 4.39 Å². The van der Waals surface area contributed by atoms with Gasteiger partial charge in [0, 0.05) is 24.8 Å². The fraction of sp³-hybridized carbons (Fsp3) is 0.571.